The maximum Gasteiger partial charge on any atom is 0.175 e. The zero-order chi connectivity index (χ0) is 13.3. The summed E-state index contributed by atoms with van der Waals surface area (Å²) in [6.45, 7) is 0. The van der Waals surface area contributed by atoms with Crippen LogP contribution in [0.15, 0.2) is 47.4 Å². The highest BCUT2D eigenvalue weighted by Gasteiger charge is 2.09. The molecular formula is C13H11FO3S. The zero-order valence-electron chi connectivity index (χ0n) is 9.59. The van der Waals surface area contributed by atoms with Crippen molar-refractivity contribution in [1.29, 1.82) is 0 Å². The number of hydrogen-bond acceptors (Lipinski definition) is 3. The molecule has 0 unspecified atom stereocenters. The normalized spacial score (nSPS) is 11.4. The fourth-order valence-electron chi connectivity index (χ4n) is 1.60. The maximum absolute atomic E-state index is 12.9. The first-order valence-electron chi connectivity index (χ1n) is 5.17. The molecule has 0 amide bonds. The van der Waals surface area contributed by atoms with E-state index in [1.165, 1.54) is 24.3 Å². The lowest BCUT2D eigenvalue weighted by Gasteiger charge is -2.05. The lowest BCUT2D eigenvalue weighted by molar-refractivity contribution is 0.433. The van der Waals surface area contributed by atoms with Crippen molar-refractivity contribution in [2.45, 2.75) is 4.90 Å². The number of rotatable bonds is 2. The highest BCUT2D eigenvalue weighted by Crippen LogP contribution is 2.27. The fraction of sp³-hybridized carbons (Fsp3) is 0.0769. The van der Waals surface area contributed by atoms with Crippen LogP contribution in [0.2, 0.25) is 0 Å². The SMILES string of the molecule is CS(=O)(=O)c1cccc(-c2ccc(F)c(O)c2)c1. The van der Waals surface area contributed by atoms with Gasteiger partial charge in [-0.1, -0.05) is 18.2 Å². The molecule has 0 aliphatic carbocycles. The molecule has 0 fully saturated rings. The van der Waals surface area contributed by atoms with E-state index in [-0.39, 0.29) is 4.90 Å². The van der Waals surface area contributed by atoms with E-state index < -0.39 is 21.4 Å². The smallest absolute Gasteiger partial charge is 0.175 e. The van der Waals surface area contributed by atoms with Crippen LogP contribution < -0.4 is 0 Å². The molecule has 0 radical (unpaired) electrons. The molecule has 0 spiro atoms. The summed E-state index contributed by atoms with van der Waals surface area (Å²) in [5.41, 5.74) is 1.16. The molecule has 3 nitrogen and oxygen atoms in total. The Hall–Kier alpha value is -1.88. The monoisotopic (exact) mass is 266 g/mol. The van der Waals surface area contributed by atoms with Crippen LogP contribution in [0, 0.1) is 5.82 Å². The van der Waals surface area contributed by atoms with Crippen molar-refractivity contribution < 1.29 is 17.9 Å². The minimum Gasteiger partial charge on any atom is -0.505 e. The second kappa shape index (κ2) is 4.42. The van der Waals surface area contributed by atoms with Gasteiger partial charge >= 0.3 is 0 Å². The Morgan fingerprint density at radius 1 is 1.06 bits per heavy atom. The van der Waals surface area contributed by atoms with Crippen LogP contribution in [0.5, 0.6) is 5.75 Å². The fourth-order valence-corrected chi connectivity index (χ4v) is 2.27. The van der Waals surface area contributed by atoms with Gasteiger partial charge in [-0.25, -0.2) is 12.8 Å². The standard InChI is InChI=1S/C13H11FO3S/c1-18(16,17)11-4-2-3-9(7-11)10-5-6-12(14)13(15)8-10/h2-8,15H,1H3. The lowest BCUT2D eigenvalue weighted by Crippen LogP contribution is -1.96. The average molecular weight is 266 g/mol. The van der Waals surface area contributed by atoms with E-state index in [2.05, 4.69) is 0 Å². The van der Waals surface area contributed by atoms with Gasteiger partial charge in [-0.05, 0) is 35.4 Å². The molecule has 2 aromatic carbocycles. The first kappa shape index (κ1) is 12.6. The van der Waals surface area contributed by atoms with Crippen LogP contribution in [-0.4, -0.2) is 19.8 Å². The molecule has 1 N–H and O–H groups in total. The van der Waals surface area contributed by atoms with E-state index in [9.17, 15) is 17.9 Å². The van der Waals surface area contributed by atoms with Gasteiger partial charge in [0.1, 0.15) is 0 Å². The van der Waals surface area contributed by atoms with Crippen molar-refractivity contribution in [3.8, 4) is 16.9 Å². The Balaban J connectivity index is 2.55. The van der Waals surface area contributed by atoms with Crippen LogP contribution in [-0.2, 0) is 9.84 Å². The van der Waals surface area contributed by atoms with Gasteiger partial charge in [0.15, 0.2) is 21.4 Å². The highest BCUT2D eigenvalue weighted by molar-refractivity contribution is 7.90. The van der Waals surface area contributed by atoms with E-state index in [0.717, 1.165) is 12.3 Å². The third kappa shape index (κ3) is 2.51. The molecule has 0 saturated carbocycles. The minimum atomic E-state index is -3.29. The molecule has 5 heteroatoms. The molecular weight excluding hydrogens is 255 g/mol. The summed E-state index contributed by atoms with van der Waals surface area (Å²) in [6, 6.07) is 10.2. The predicted molar refractivity (Wildman–Crippen MR) is 66.6 cm³/mol. The van der Waals surface area contributed by atoms with E-state index in [4.69, 9.17) is 0 Å². The second-order valence-corrected chi connectivity index (χ2v) is 5.98. The molecule has 0 saturated heterocycles. The lowest BCUT2D eigenvalue weighted by atomic mass is 10.1. The Bertz CT molecular complexity index is 693. The van der Waals surface area contributed by atoms with Crippen molar-refractivity contribution in [2.24, 2.45) is 0 Å². The summed E-state index contributed by atoms with van der Waals surface area (Å²) >= 11 is 0. The van der Waals surface area contributed by atoms with Gasteiger partial charge in [-0.2, -0.15) is 0 Å². The summed E-state index contributed by atoms with van der Waals surface area (Å²) in [5.74, 6) is -1.17. The van der Waals surface area contributed by atoms with Crippen molar-refractivity contribution in [3.63, 3.8) is 0 Å². The van der Waals surface area contributed by atoms with Crippen molar-refractivity contribution >= 4 is 9.84 Å². The number of sulfone groups is 1. The number of benzene rings is 2. The molecule has 0 aromatic heterocycles. The van der Waals surface area contributed by atoms with Crippen LogP contribution in [0.4, 0.5) is 4.39 Å². The molecule has 0 heterocycles. The van der Waals surface area contributed by atoms with E-state index in [0.29, 0.717) is 11.1 Å². The van der Waals surface area contributed by atoms with Crippen LogP contribution in [0.3, 0.4) is 0 Å². The molecule has 0 aliphatic rings. The van der Waals surface area contributed by atoms with E-state index in [1.54, 1.807) is 12.1 Å². The summed E-state index contributed by atoms with van der Waals surface area (Å²) in [7, 11) is -3.29. The Labute approximate surface area is 104 Å². The Kier molecular flexibility index (Phi) is 3.09. The molecule has 94 valence electrons. The van der Waals surface area contributed by atoms with Crippen molar-refractivity contribution in [3.05, 3.63) is 48.3 Å². The summed E-state index contributed by atoms with van der Waals surface area (Å²) in [4.78, 5) is 0.184. The first-order valence-corrected chi connectivity index (χ1v) is 7.06. The first-order chi connectivity index (χ1) is 8.38. The average Bonchev–Trinajstić information content (AvgIpc) is 2.32. The van der Waals surface area contributed by atoms with Crippen LogP contribution >= 0.6 is 0 Å². The van der Waals surface area contributed by atoms with Gasteiger partial charge in [-0.15, -0.1) is 0 Å². The number of aromatic hydroxyl groups is 1. The van der Waals surface area contributed by atoms with E-state index >= 15 is 0 Å². The predicted octanol–water partition coefficient (Wildman–Crippen LogP) is 2.60. The van der Waals surface area contributed by atoms with Gasteiger partial charge in [0.25, 0.3) is 0 Å². The van der Waals surface area contributed by atoms with Gasteiger partial charge < -0.3 is 5.11 Å². The Morgan fingerprint density at radius 2 is 1.72 bits per heavy atom. The molecule has 0 bridgehead atoms. The van der Waals surface area contributed by atoms with E-state index in [1.807, 2.05) is 0 Å². The molecule has 0 aliphatic heterocycles. The quantitative estimate of drug-likeness (QED) is 0.909. The van der Waals surface area contributed by atoms with Gasteiger partial charge in [-0.3, -0.25) is 0 Å². The van der Waals surface area contributed by atoms with Gasteiger partial charge in [0.05, 0.1) is 4.90 Å². The van der Waals surface area contributed by atoms with Crippen LogP contribution in [0.1, 0.15) is 0 Å². The molecule has 0 atom stereocenters. The minimum absolute atomic E-state index is 0.184. The van der Waals surface area contributed by atoms with Gasteiger partial charge in [0, 0.05) is 6.26 Å². The summed E-state index contributed by atoms with van der Waals surface area (Å²) < 4.78 is 35.8. The van der Waals surface area contributed by atoms with Crippen molar-refractivity contribution in [1.82, 2.24) is 0 Å². The molecule has 2 rings (SSSR count). The third-order valence-corrected chi connectivity index (χ3v) is 3.65. The largest absolute Gasteiger partial charge is 0.505 e. The van der Waals surface area contributed by atoms with Gasteiger partial charge in [0.2, 0.25) is 0 Å². The summed E-state index contributed by atoms with van der Waals surface area (Å²) in [6.07, 6.45) is 1.12. The second-order valence-electron chi connectivity index (χ2n) is 3.97. The topological polar surface area (TPSA) is 54.4 Å². The maximum atomic E-state index is 12.9. The molecule has 18 heavy (non-hydrogen) atoms. The van der Waals surface area contributed by atoms with Crippen molar-refractivity contribution in [2.75, 3.05) is 6.26 Å². The number of hydrogen-bond donors (Lipinski definition) is 1. The number of phenolic OH excluding ortho intramolecular Hbond substituents is 1. The third-order valence-electron chi connectivity index (χ3n) is 2.54. The van der Waals surface area contributed by atoms with Crippen LogP contribution in [0.25, 0.3) is 11.1 Å². The Morgan fingerprint density at radius 3 is 2.33 bits per heavy atom. The summed E-state index contributed by atoms with van der Waals surface area (Å²) in [5, 5.41) is 9.30. The molecule has 2 aromatic rings. The highest BCUT2D eigenvalue weighted by atomic mass is 32.2. The zero-order valence-corrected chi connectivity index (χ0v) is 10.4. The number of halogens is 1. The number of phenols is 1.